The largest absolute Gasteiger partial charge is 0.310 e. The Bertz CT molecular complexity index is 3110. The predicted octanol–water partition coefficient (Wildman–Crippen LogP) is 15.1. The zero-order valence-electron chi connectivity index (χ0n) is 33.9. The Morgan fingerprint density at radius 3 is 1.65 bits per heavy atom. The highest BCUT2D eigenvalue weighted by Crippen LogP contribution is 2.58. The summed E-state index contributed by atoms with van der Waals surface area (Å²) >= 11 is 0. The summed E-state index contributed by atoms with van der Waals surface area (Å²) in [5.41, 5.74) is 24.2. The highest BCUT2D eigenvalue weighted by molar-refractivity contribution is 5.95. The first-order valence-corrected chi connectivity index (χ1v) is 21.2. The Balaban J connectivity index is 1.08. The number of fused-ring (bicyclic) bond motifs is 10. The van der Waals surface area contributed by atoms with Gasteiger partial charge in [-0.15, -0.1) is 0 Å². The second-order valence-electron chi connectivity index (χ2n) is 17.2. The number of rotatable bonds is 6. The van der Waals surface area contributed by atoms with Crippen molar-refractivity contribution in [1.29, 1.82) is 0 Å². The fourth-order valence-electron chi connectivity index (χ4n) is 11.2. The summed E-state index contributed by atoms with van der Waals surface area (Å²) in [5, 5.41) is 0. The Morgan fingerprint density at radius 2 is 0.933 bits per heavy atom. The molecule has 9 aromatic carbocycles. The average molecular weight is 766 g/mol. The van der Waals surface area contributed by atoms with E-state index in [1.165, 1.54) is 89.0 Å². The molecule has 3 aliphatic rings. The molecule has 0 heterocycles. The van der Waals surface area contributed by atoms with Gasteiger partial charge in [-0.1, -0.05) is 196 Å². The quantitative estimate of drug-likeness (QED) is 0.163. The molecule has 0 bridgehead atoms. The van der Waals surface area contributed by atoms with E-state index in [-0.39, 0.29) is 5.41 Å². The van der Waals surface area contributed by atoms with Gasteiger partial charge in [-0.05, 0) is 120 Å². The van der Waals surface area contributed by atoms with E-state index in [1.807, 2.05) is 0 Å². The van der Waals surface area contributed by atoms with Crippen molar-refractivity contribution in [3.63, 3.8) is 0 Å². The highest BCUT2D eigenvalue weighted by atomic mass is 15.1. The Kier molecular flexibility index (Phi) is 7.62. The standard InChI is InChI=1S/C59H43N/c1-58(2)52-28-13-9-27-50(52)51-34-32-40-36-41-37-45(33-35-47(41)56(40)57(51)58)60(55-31-16-12-24-46(55)39-18-5-3-6-19-39)44-23-17-22-43(38-44)59(42-20-7-4-8-21-42)53-29-14-10-25-48(53)49-26-11-15-30-54(49)59/h3-35,37-38H,36H2,1-2H3. The van der Waals surface area contributed by atoms with Crippen molar-refractivity contribution in [3.8, 4) is 44.5 Å². The molecule has 0 atom stereocenters. The summed E-state index contributed by atoms with van der Waals surface area (Å²) in [4.78, 5) is 2.50. The molecule has 0 unspecified atom stereocenters. The summed E-state index contributed by atoms with van der Waals surface area (Å²) < 4.78 is 0. The van der Waals surface area contributed by atoms with Crippen molar-refractivity contribution >= 4 is 17.1 Å². The molecule has 0 fully saturated rings. The number of nitrogens with zero attached hydrogens (tertiary/aromatic N) is 1. The molecule has 1 heteroatoms. The third-order valence-electron chi connectivity index (χ3n) is 13.7. The summed E-state index contributed by atoms with van der Waals surface area (Å²) in [6.07, 6.45) is 0.914. The Labute approximate surface area is 352 Å². The van der Waals surface area contributed by atoms with E-state index >= 15 is 0 Å². The molecule has 1 nitrogen and oxygen atoms in total. The topological polar surface area (TPSA) is 3.24 Å². The average Bonchev–Trinajstić information content (AvgIpc) is 3.91. The third-order valence-corrected chi connectivity index (χ3v) is 13.7. The molecular formula is C59H43N. The van der Waals surface area contributed by atoms with Gasteiger partial charge in [-0.2, -0.15) is 0 Å². The van der Waals surface area contributed by atoms with E-state index in [0.29, 0.717) is 0 Å². The SMILES string of the molecule is CC1(C)c2ccccc2-c2ccc3c(c21)-c1ccc(N(c2cccc(C4(c5ccccc5)c5ccccc5-c5ccccc54)c2)c2ccccc2-c2ccccc2)cc1C3. The molecular weight excluding hydrogens is 723 g/mol. The van der Waals surface area contributed by atoms with Crippen LogP contribution in [0.4, 0.5) is 17.1 Å². The van der Waals surface area contributed by atoms with Crippen LogP contribution in [0.25, 0.3) is 44.5 Å². The van der Waals surface area contributed by atoms with Crippen LogP contribution in [0.3, 0.4) is 0 Å². The van der Waals surface area contributed by atoms with Crippen LogP contribution < -0.4 is 4.90 Å². The molecule has 0 saturated carbocycles. The molecule has 0 aromatic heterocycles. The second kappa shape index (κ2) is 13.1. The lowest BCUT2D eigenvalue weighted by atomic mass is 9.67. The summed E-state index contributed by atoms with van der Waals surface area (Å²) in [6.45, 7) is 4.81. The maximum atomic E-state index is 2.50. The van der Waals surface area contributed by atoms with Crippen molar-refractivity contribution in [2.24, 2.45) is 0 Å². The number of para-hydroxylation sites is 1. The molecule has 9 aromatic rings. The lowest BCUT2D eigenvalue weighted by Crippen LogP contribution is -2.28. The number of hydrogen-bond donors (Lipinski definition) is 0. The second-order valence-corrected chi connectivity index (χ2v) is 17.2. The molecule has 0 spiro atoms. The number of anilines is 3. The summed E-state index contributed by atoms with van der Waals surface area (Å²) in [6, 6.07) is 79.2. The van der Waals surface area contributed by atoms with E-state index in [9.17, 15) is 0 Å². The predicted molar refractivity (Wildman–Crippen MR) is 250 cm³/mol. The molecule has 0 radical (unpaired) electrons. The maximum absolute atomic E-state index is 2.50. The van der Waals surface area contributed by atoms with Crippen LogP contribution >= 0.6 is 0 Å². The van der Waals surface area contributed by atoms with Gasteiger partial charge in [-0.3, -0.25) is 0 Å². The van der Waals surface area contributed by atoms with E-state index in [2.05, 4.69) is 231 Å². The maximum Gasteiger partial charge on any atom is 0.0714 e. The molecule has 0 N–H and O–H groups in total. The zero-order valence-corrected chi connectivity index (χ0v) is 33.9. The molecule has 0 saturated heterocycles. The smallest absolute Gasteiger partial charge is 0.0714 e. The van der Waals surface area contributed by atoms with Gasteiger partial charge in [0, 0.05) is 22.4 Å². The van der Waals surface area contributed by atoms with E-state index in [1.54, 1.807) is 0 Å². The minimum absolute atomic E-state index is 0.0785. The van der Waals surface area contributed by atoms with Crippen LogP contribution in [0.2, 0.25) is 0 Å². The monoisotopic (exact) mass is 765 g/mol. The first-order valence-electron chi connectivity index (χ1n) is 21.2. The van der Waals surface area contributed by atoms with Gasteiger partial charge < -0.3 is 4.90 Å². The Hall–Kier alpha value is -7.22. The van der Waals surface area contributed by atoms with Gasteiger partial charge >= 0.3 is 0 Å². The van der Waals surface area contributed by atoms with Gasteiger partial charge in [-0.25, -0.2) is 0 Å². The minimum Gasteiger partial charge on any atom is -0.310 e. The zero-order chi connectivity index (χ0) is 40.0. The van der Waals surface area contributed by atoms with Gasteiger partial charge in [0.25, 0.3) is 0 Å². The van der Waals surface area contributed by atoms with Crippen molar-refractivity contribution in [1.82, 2.24) is 0 Å². The lowest BCUT2D eigenvalue weighted by molar-refractivity contribution is 0.662. The normalized spacial score (nSPS) is 14.4. The van der Waals surface area contributed by atoms with Crippen LogP contribution in [0.1, 0.15) is 58.4 Å². The van der Waals surface area contributed by atoms with Crippen molar-refractivity contribution in [2.45, 2.75) is 31.1 Å². The molecule has 0 amide bonds. The number of hydrogen-bond acceptors (Lipinski definition) is 1. The van der Waals surface area contributed by atoms with Crippen LogP contribution in [0.5, 0.6) is 0 Å². The van der Waals surface area contributed by atoms with Gasteiger partial charge in [0.15, 0.2) is 0 Å². The molecule has 3 aliphatic carbocycles. The minimum atomic E-state index is -0.501. The van der Waals surface area contributed by atoms with Crippen LogP contribution in [0.15, 0.2) is 212 Å². The molecule has 60 heavy (non-hydrogen) atoms. The van der Waals surface area contributed by atoms with Gasteiger partial charge in [0.05, 0.1) is 11.1 Å². The first kappa shape index (κ1) is 34.8. The van der Waals surface area contributed by atoms with Crippen LogP contribution in [0, 0.1) is 0 Å². The van der Waals surface area contributed by atoms with Crippen LogP contribution in [-0.2, 0) is 17.3 Å². The first-order chi connectivity index (χ1) is 29.5. The van der Waals surface area contributed by atoms with E-state index in [0.717, 1.165) is 23.5 Å². The van der Waals surface area contributed by atoms with Crippen molar-refractivity contribution in [2.75, 3.05) is 4.90 Å². The molecule has 0 aliphatic heterocycles. The fraction of sp³-hybridized carbons (Fsp3) is 0.0847. The Morgan fingerprint density at radius 1 is 0.383 bits per heavy atom. The fourth-order valence-corrected chi connectivity index (χ4v) is 11.2. The van der Waals surface area contributed by atoms with Crippen LogP contribution in [-0.4, -0.2) is 0 Å². The lowest BCUT2D eigenvalue weighted by Gasteiger charge is -2.35. The van der Waals surface area contributed by atoms with E-state index in [4.69, 9.17) is 0 Å². The van der Waals surface area contributed by atoms with Gasteiger partial charge in [0.2, 0.25) is 0 Å². The third kappa shape index (κ3) is 4.87. The molecule has 12 rings (SSSR count). The summed E-state index contributed by atoms with van der Waals surface area (Å²) in [5.74, 6) is 0. The summed E-state index contributed by atoms with van der Waals surface area (Å²) in [7, 11) is 0. The van der Waals surface area contributed by atoms with Crippen molar-refractivity contribution < 1.29 is 0 Å². The highest BCUT2D eigenvalue weighted by Gasteiger charge is 2.46. The molecule has 284 valence electrons. The van der Waals surface area contributed by atoms with Crippen molar-refractivity contribution in [3.05, 3.63) is 257 Å². The number of benzene rings is 9. The van der Waals surface area contributed by atoms with Gasteiger partial charge in [0.1, 0.15) is 0 Å². The van der Waals surface area contributed by atoms with E-state index < -0.39 is 5.41 Å².